The first-order valence-electron chi connectivity index (χ1n) is 8.75. The van der Waals surface area contributed by atoms with Crippen LogP contribution < -0.4 is 14.8 Å². The highest BCUT2D eigenvalue weighted by Gasteiger charge is 2.29. The molecule has 0 aliphatic carbocycles. The number of alkyl halides is 2. The van der Waals surface area contributed by atoms with Gasteiger partial charge in [0.1, 0.15) is 11.5 Å². The molecule has 1 atom stereocenters. The molecule has 1 heterocycles. The summed E-state index contributed by atoms with van der Waals surface area (Å²) in [5, 5.41) is 3.31. The molecule has 1 amide bonds. The van der Waals surface area contributed by atoms with Crippen LogP contribution in [-0.4, -0.2) is 44.2 Å². The van der Waals surface area contributed by atoms with E-state index in [1.54, 1.807) is 19.2 Å². The summed E-state index contributed by atoms with van der Waals surface area (Å²) in [5.41, 5.74) is 1.57. The highest BCUT2D eigenvalue weighted by Crippen LogP contribution is 2.30. The van der Waals surface area contributed by atoms with Crippen LogP contribution >= 0.6 is 12.4 Å². The number of para-hydroxylation sites is 1. The molecule has 0 bridgehead atoms. The molecule has 152 valence electrons. The average molecular weight is 413 g/mol. The van der Waals surface area contributed by atoms with Gasteiger partial charge in [0.2, 0.25) is 5.91 Å². The molecule has 8 heteroatoms. The largest absolute Gasteiger partial charge is 0.496 e. The van der Waals surface area contributed by atoms with E-state index in [0.29, 0.717) is 25.2 Å². The van der Waals surface area contributed by atoms with Gasteiger partial charge in [-0.05, 0) is 23.8 Å². The second kappa shape index (κ2) is 10.2. The van der Waals surface area contributed by atoms with Gasteiger partial charge in [-0.1, -0.05) is 30.3 Å². The first-order valence-corrected chi connectivity index (χ1v) is 8.75. The molecule has 1 aliphatic rings. The zero-order valence-electron chi connectivity index (χ0n) is 15.4. The van der Waals surface area contributed by atoms with Crippen LogP contribution in [0.2, 0.25) is 0 Å². The Hall–Kier alpha value is -2.38. The predicted molar refractivity (Wildman–Crippen MR) is 104 cm³/mol. The summed E-state index contributed by atoms with van der Waals surface area (Å²) in [7, 11) is 1.61. The van der Waals surface area contributed by atoms with E-state index in [-0.39, 0.29) is 36.5 Å². The molecule has 5 nitrogen and oxygen atoms in total. The number of methoxy groups -OCH3 is 1. The minimum absolute atomic E-state index is 0. The third kappa shape index (κ3) is 5.33. The van der Waals surface area contributed by atoms with Crippen molar-refractivity contribution in [3.8, 4) is 11.5 Å². The molecule has 0 saturated carbocycles. The number of carbonyl (C=O) groups excluding carboxylic acids is 1. The molecule has 2 aromatic rings. The summed E-state index contributed by atoms with van der Waals surface area (Å²) in [5.74, 6) is 0.717. The standard InChI is InChI=1S/C20H22F2N2O3.ClH/c1-26-18-8-3-2-7-16(18)17-13-23-9-10-24(17)19(25)12-14-5-4-6-15(11-14)27-20(21)22;/h2-8,11,17,20,23H,9-10,12-13H2,1H3;1H. The number of amides is 1. The van der Waals surface area contributed by atoms with Crippen LogP contribution in [0, 0.1) is 0 Å². The van der Waals surface area contributed by atoms with Gasteiger partial charge in [-0.3, -0.25) is 4.79 Å². The van der Waals surface area contributed by atoms with E-state index >= 15 is 0 Å². The molecule has 3 rings (SSSR count). The minimum atomic E-state index is -2.89. The van der Waals surface area contributed by atoms with Crippen LogP contribution in [0.3, 0.4) is 0 Å². The van der Waals surface area contributed by atoms with Crippen LogP contribution in [0.25, 0.3) is 0 Å². The highest BCUT2D eigenvalue weighted by atomic mass is 35.5. The Balaban J connectivity index is 0.00000280. The Morgan fingerprint density at radius 3 is 2.79 bits per heavy atom. The summed E-state index contributed by atoms with van der Waals surface area (Å²) in [6, 6.07) is 13.7. The Bertz CT molecular complexity index is 792. The van der Waals surface area contributed by atoms with E-state index in [9.17, 15) is 13.6 Å². The number of piperazine rings is 1. The number of hydrogen-bond acceptors (Lipinski definition) is 4. The molecule has 0 aromatic heterocycles. The molecular weight excluding hydrogens is 390 g/mol. The van der Waals surface area contributed by atoms with E-state index in [1.165, 1.54) is 12.1 Å². The Morgan fingerprint density at radius 1 is 1.25 bits per heavy atom. The molecular formula is C20H23ClF2N2O3. The SMILES string of the molecule is COc1ccccc1C1CNCCN1C(=O)Cc1cccc(OC(F)F)c1.Cl. The van der Waals surface area contributed by atoms with Crippen LogP contribution in [0.4, 0.5) is 8.78 Å². The first kappa shape index (κ1) is 21.9. The number of carbonyl (C=O) groups is 1. The van der Waals surface area contributed by atoms with Gasteiger partial charge in [0.05, 0.1) is 19.6 Å². The quantitative estimate of drug-likeness (QED) is 0.789. The van der Waals surface area contributed by atoms with Gasteiger partial charge >= 0.3 is 6.61 Å². The number of hydrogen-bond donors (Lipinski definition) is 1. The summed E-state index contributed by atoms with van der Waals surface area (Å²) in [6.07, 6.45) is 0.117. The molecule has 28 heavy (non-hydrogen) atoms. The van der Waals surface area contributed by atoms with Crippen LogP contribution in [0.15, 0.2) is 48.5 Å². The van der Waals surface area contributed by atoms with E-state index in [4.69, 9.17) is 4.74 Å². The van der Waals surface area contributed by atoms with E-state index in [1.807, 2.05) is 29.2 Å². The van der Waals surface area contributed by atoms with Crippen molar-refractivity contribution in [1.29, 1.82) is 0 Å². The summed E-state index contributed by atoms with van der Waals surface area (Å²) >= 11 is 0. The van der Waals surface area contributed by atoms with Crippen LogP contribution in [0.1, 0.15) is 17.2 Å². The molecule has 0 spiro atoms. The van der Waals surface area contributed by atoms with Crippen LogP contribution in [0.5, 0.6) is 11.5 Å². The van der Waals surface area contributed by atoms with E-state index in [2.05, 4.69) is 10.1 Å². The van der Waals surface area contributed by atoms with Crippen molar-refractivity contribution < 1.29 is 23.0 Å². The second-order valence-electron chi connectivity index (χ2n) is 6.25. The molecule has 1 aliphatic heterocycles. The number of benzene rings is 2. The van der Waals surface area contributed by atoms with Crippen molar-refractivity contribution in [1.82, 2.24) is 10.2 Å². The fourth-order valence-electron chi connectivity index (χ4n) is 3.33. The molecule has 1 unspecified atom stereocenters. The molecule has 1 saturated heterocycles. The van der Waals surface area contributed by atoms with Gasteiger partial charge in [-0.2, -0.15) is 8.78 Å². The second-order valence-corrected chi connectivity index (χ2v) is 6.25. The number of rotatable bonds is 6. The Kier molecular flexibility index (Phi) is 8.02. The van der Waals surface area contributed by atoms with Crippen molar-refractivity contribution in [3.63, 3.8) is 0 Å². The molecule has 1 fully saturated rings. The minimum Gasteiger partial charge on any atom is -0.496 e. The summed E-state index contributed by atoms with van der Waals surface area (Å²) < 4.78 is 34.7. The third-order valence-electron chi connectivity index (χ3n) is 4.54. The fourth-order valence-corrected chi connectivity index (χ4v) is 3.33. The normalized spacial score (nSPS) is 16.4. The lowest BCUT2D eigenvalue weighted by Gasteiger charge is -2.37. The smallest absolute Gasteiger partial charge is 0.387 e. The van der Waals surface area contributed by atoms with Gasteiger partial charge < -0.3 is 19.7 Å². The van der Waals surface area contributed by atoms with E-state index in [0.717, 1.165) is 11.3 Å². The average Bonchev–Trinajstić information content (AvgIpc) is 2.67. The molecule has 2 aromatic carbocycles. The van der Waals surface area contributed by atoms with E-state index < -0.39 is 6.61 Å². The van der Waals surface area contributed by atoms with Crippen molar-refractivity contribution >= 4 is 18.3 Å². The van der Waals surface area contributed by atoms with Crippen LogP contribution in [-0.2, 0) is 11.2 Å². The van der Waals surface area contributed by atoms with Gasteiger partial charge in [0, 0.05) is 25.2 Å². The number of ether oxygens (including phenoxy) is 2. The molecule has 1 N–H and O–H groups in total. The van der Waals surface area contributed by atoms with Crippen molar-refractivity contribution in [2.45, 2.75) is 19.1 Å². The molecule has 0 radical (unpaired) electrons. The summed E-state index contributed by atoms with van der Waals surface area (Å²) in [6.45, 7) is -1.000. The zero-order chi connectivity index (χ0) is 19.2. The van der Waals surface area contributed by atoms with Gasteiger partial charge in [-0.15, -0.1) is 12.4 Å². The maximum atomic E-state index is 13.0. The monoisotopic (exact) mass is 412 g/mol. The number of nitrogens with zero attached hydrogens (tertiary/aromatic N) is 1. The van der Waals surface area contributed by atoms with Gasteiger partial charge in [0.25, 0.3) is 0 Å². The number of nitrogens with one attached hydrogen (secondary N) is 1. The fraction of sp³-hybridized carbons (Fsp3) is 0.350. The van der Waals surface area contributed by atoms with Crippen molar-refractivity contribution in [2.24, 2.45) is 0 Å². The first-order chi connectivity index (χ1) is 13.1. The lowest BCUT2D eigenvalue weighted by atomic mass is 10.0. The lowest BCUT2D eigenvalue weighted by molar-refractivity contribution is -0.133. The highest BCUT2D eigenvalue weighted by molar-refractivity contribution is 5.85. The lowest BCUT2D eigenvalue weighted by Crippen LogP contribution is -2.49. The topological polar surface area (TPSA) is 50.8 Å². The maximum Gasteiger partial charge on any atom is 0.387 e. The predicted octanol–water partition coefficient (Wildman–Crippen LogP) is 3.43. The van der Waals surface area contributed by atoms with Crippen molar-refractivity contribution in [3.05, 3.63) is 59.7 Å². The van der Waals surface area contributed by atoms with Crippen molar-refractivity contribution in [2.75, 3.05) is 26.7 Å². The van der Waals surface area contributed by atoms with Gasteiger partial charge in [0.15, 0.2) is 0 Å². The van der Waals surface area contributed by atoms with Gasteiger partial charge in [-0.25, -0.2) is 0 Å². The third-order valence-corrected chi connectivity index (χ3v) is 4.54. The Labute approximate surface area is 169 Å². The Morgan fingerprint density at radius 2 is 2.04 bits per heavy atom. The summed E-state index contributed by atoms with van der Waals surface area (Å²) in [4.78, 5) is 14.8. The number of halogens is 3. The zero-order valence-corrected chi connectivity index (χ0v) is 16.3. The maximum absolute atomic E-state index is 13.0.